The summed E-state index contributed by atoms with van der Waals surface area (Å²) in [5.41, 5.74) is 3.22. The molecule has 0 aliphatic carbocycles. The first-order chi connectivity index (χ1) is 12.3. The Bertz CT molecular complexity index is 887. The van der Waals surface area contributed by atoms with Gasteiger partial charge in [-0.2, -0.15) is 12.7 Å². The van der Waals surface area contributed by atoms with Crippen molar-refractivity contribution in [2.24, 2.45) is 0 Å². The van der Waals surface area contributed by atoms with E-state index >= 15 is 0 Å². The Morgan fingerprint density at radius 2 is 1.96 bits per heavy atom. The fourth-order valence-corrected chi connectivity index (χ4v) is 4.53. The normalized spacial score (nSPS) is 14.8. The van der Waals surface area contributed by atoms with Gasteiger partial charge in [0, 0.05) is 24.4 Å². The van der Waals surface area contributed by atoms with Gasteiger partial charge in [-0.3, -0.25) is 10.1 Å². The minimum atomic E-state index is -3.80. The van der Waals surface area contributed by atoms with E-state index in [0.717, 1.165) is 23.4 Å². The fourth-order valence-electron chi connectivity index (χ4n) is 2.41. The Morgan fingerprint density at radius 1 is 1.27 bits per heavy atom. The molecule has 2 heterocycles. The quantitative estimate of drug-likeness (QED) is 0.777. The first kappa shape index (κ1) is 19.0. The maximum Gasteiger partial charge on any atom is 0.338 e. The summed E-state index contributed by atoms with van der Waals surface area (Å²) in [4.78, 5) is 17.3. The predicted octanol–water partition coefficient (Wildman–Crippen LogP) is 2.26. The number of carbonyl (C=O) groups is 1. The lowest BCUT2D eigenvalue weighted by molar-refractivity contribution is -0.118. The molecule has 0 radical (unpaired) electrons. The number of hydrogen-bond acceptors (Lipinski definition) is 6. The number of rotatable bonds is 7. The number of amides is 1. The summed E-state index contributed by atoms with van der Waals surface area (Å²) in [5, 5.41) is 3.05. The molecule has 140 valence electrons. The summed E-state index contributed by atoms with van der Waals surface area (Å²) in [6.45, 7) is 4.26. The van der Waals surface area contributed by atoms with Crippen molar-refractivity contribution in [2.75, 3.05) is 25.0 Å². The molecule has 0 spiro atoms. The number of carbonyl (C=O) groups excluding carboxylic acids is 1. The first-order valence-corrected chi connectivity index (χ1v) is 10.5. The van der Waals surface area contributed by atoms with Gasteiger partial charge in [0.25, 0.3) is 5.91 Å². The minimum Gasteiger partial charge on any atom is -0.300 e. The molecular weight excluding hydrogens is 374 g/mol. The molecule has 2 aromatic rings. The van der Waals surface area contributed by atoms with Crippen LogP contribution in [0.1, 0.15) is 28.1 Å². The second-order valence-electron chi connectivity index (χ2n) is 6.21. The van der Waals surface area contributed by atoms with E-state index in [0.29, 0.717) is 18.2 Å². The highest BCUT2D eigenvalue weighted by molar-refractivity contribution is 7.84. The topological polar surface area (TPSA) is 88.6 Å². The number of anilines is 1. The zero-order valence-electron chi connectivity index (χ0n) is 14.7. The number of aryl methyl sites for hydroxylation is 2. The van der Waals surface area contributed by atoms with Crippen molar-refractivity contribution in [1.82, 2.24) is 9.29 Å². The monoisotopic (exact) mass is 395 g/mol. The molecule has 0 unspecified atom stereocenters. The predicted molar refractivity (Wildman–Crippen MR) is 101 cm³/mol. The molecule has 7 nitrogen and oxygen atoms in total. The number of aromatic nitrogens is 1. The lowest BCUT2D eigenvalue weighted by Gasteiger charge is -2.28. The molecule has 0 saturated carbocycles. The molecule has 1 aliphatic rings. The largest absolute Gasteiger partial charge is 0.338 e. The van der Waals surface area contributed by atoms with Gasteiger partial charge in [-0.25, -0.2) is 9.17 Å². The second kappa shape index (κ2) is 7.83. The van der Waals surface area contributed by atoms with Crippen molar-refractivity contribution in [1.29, 1.82) is 0 Å². The van der Waals surface area contributed by atoms with E-state index in [1.165, 1.54) is 26.8 Å². The van der Waals surface area contributed by atoms with Crippen LogP contribution in [0.5, 0.6) is 0 Å². The molecule has 9 heteroatoms. The van der Waals surface area contributed by atoms with Crippen LogP contribution in [-0.4, -0.2) is 43.3 Å². The van der Waals surface area contributed by atoms with E-state index in [2.05, 4.69) is 34.6 Å². The van der Waals surface area contributed by atoms with Gasteiger partial charge in [0.05, 0.1) is 5.69 Å². The molecule has 1 aromatic carbocycles. The average Bonchev–Trinajstić information content (AvgIpc) is 2.85. The summed E-state index contributed by atoms with van der Waals surface area (Å²) in [6.07, 6.45) is 1.55. The average molecular weight is 396 g/mol. The van der Waals surface area contributed by atoms with Gasteiger partial charge in [0.1, 0.15) is 6.61 Å². The van der Waals surface area contributed by atoms with Crippen molar-refractivity contribution < 1.29 is 17.4 Å². The molecule has 3 rings (SSSR count). The van der Waals surface area contributed by atoms with Crippen molar-refractivity contribution in [3.63, 3.8) is 0 Å². The molecule has 0 bridgehead atoms. The summed E-state index contributed by atoms with van der Waals surface area (Å²) in [7, 11) is -3.80. The van der Waals surface area contributed by atoms with Crippen LogP contribution in [0, 0.1) is 13.8 Å². The van der Waals surface area contributed by atoms with E-state index in [9.17, 15) is 13.2 Å². The Balaban J connectivity index is 1.56. The maximum absolute atomic E-state index is 12.0. The first-order valence-electron chi connectivity index (χ1n) is 8.30. The third-order valence-corrected chi connectivity index (χ3v) is 6.58. The van der Waals surface area contributed by atoms with Crippen LogP contribution in [0.25, 0.3) is 0 Å². The van der Waals surface area contributed by atoms with Crippen LogP contribution in [-0.2, 0) is 25.7 Å². The van der Waals surface area contributed by atoms with Gasteiger partial charge in [-0.15, -0.1) is 11.3 Å². The van der Waals surface area contributed by atoms with Gasteiger partial charge in [-0.05, 0) is 25.8 Å². The van der Waals surface area contributed by atoms with Gasteiger partial charge in [-0.1, -0.05) is 29.8 Å². The maximum atomic E-state index is 12.0. The van der Waals surface area contributed by atoms with Crippen LogP contribution in [0.3, 0.4) is 0 Å². The van der Waals surface area contributed by atoms with Gasteiger partial charge < -0.3 is 0 Å². The molecular formula is C17H21N3O4S2. The van der Waals surface area contributed by atoms with E-state index in [4.69, 9.17) is 4.18 Å². The third-order valence-electron chi connectivity index (χ3n) is 4.09. The van der Waals surface area contributed by atoms with E-state index in [1.54, 1.807) is 0 Å². The molecule has 1 saturated heterocycles. The fraction of sp³-hybridized carbons (Fsp3) is 0.412. The summed E-state index contributed by atoms with van der Waals surface area (Å²) < 4.78 is 29.5. The van der Waals surface area contributed by atoms with E-state index in [-0.39, 0.29) is 0 Å². The standard InChI is InChI=1S/C17H21N3O4S2/c1-12-4-6-14(7-5-12)10-15-13(2)18-17(25-15)19-16(21)11-24-26(22,23)20-8-3-9-20/h4-7H,3,8-11H2,1-2H3,(H,18,19,21). The van der Waals surface area contributed by atoms with Crippen molar-refractivity contribution in [3.8, 4) is 0 Å². The van der Waals surface area contributed by atoms with Crippen LogP contribution >= 0.6 is 11.3 Å². The Morgan fingerprint density at radius 3 is 2.58 bits per heavy atom. The summed E-state index contributed by atoms with van der Waals surface area (Å²) in [5.74, 6) is -0.537. The number of nitrogens with zero attached hydrogens (tertiary/aromatic N) is 2. The summed E-state index contributed by atoms with van der Waals surface area (Å²) in [6, 6.07) is 8.26. The van der Waals surface area contributed by atoms with E-state index < -0.39 is 22.8 Å². The lowest BCUT2D eigenvalue weighted by atomic mass is 10.1. The highest BCUT2D eigenvalue weighted by Gasteiger charge is 2.29. The van der Waals surface area contributed by atoms with Crippen molar-refractivity contribution in [2.45, 2.75) is 26.7 Å². The number of hydrogen-bond donors (Lipinski definition) is 1. The summed E-state index contributed by atoms with van der Waals surface area (Å²) >= 11 is 1.38. The third kappa shape index (κ3) is 4.67. The number of thiazole rings is 1. The Labute approximate surface area is 157 Å². The molecule has 1 fully saturated rings. The highest BCUT2D eigenvalue weighted by Crippen LogP contribution is 2.25. The zero-order valence-corrected chi connectivity index (χ0v) is 16.3. The van der Waals surface area contributed by atoms with Crippen LogP contribution in [0.15, 0.2) is 24.3 Å². The van der Waals surface area contributed by atoms with E-state index in [1.807, 2.05) is 13.8 Å². The number of benzene rings is 1. The molecule has 1 aromatic heterocycles. The molecule has 26 heavy (non-hydrogen) atoms. The van der Waals surface area contributed by atoms with Gasteiger partial charge in [0.2, 0.25) is 0 Å². The lowest BCUT2D eigenvalue weighted by Crippen LogP contribution is -2.43. The minimum absolute atomic E-state index is 0.442. The second-order valence-corrected chi connectivity index (χ2v) is 8.90. The molecule has 0 atom stereocenters. The van der Waals surface area contributed by atoms with Gasteiger partial charge >= 0.3 is 10.3 Å². The SMILES string of the molecule is Cc1ccc(Cc2sc(NC(=O)COS(=O)(=O)N3CCC3)nc2C)cc1. The Hall–Kier alpha value is -1.81. The zero-order chi connectivity index (χ0) is 18.7. The van der Waals surface area contributed by atoms with Crippen LogP contribution < -0.4 is 5.32 Å². The van der Waals surface area contributed by atoms with Crippen molar-refractivity contribution >= 4 is 32.7 Å². The van der Waals surface area contributed by atoms with Gasteiger partial charge in [0.15, 0.2) is 5.13 Å². The highest BCUT2D eigenvalue weighted by atomic mass is 32.2. The molecule has 1 aliphatic heterocycles. The van der Waals surface area contributed by atoms with Crippen LogP contribution in [0.4, 0.5) is 5.13 Å². The smallest absolute Gasteiger partial charge is 0.300 e. The molecule has 1 amide bonds. The Kier molecular flexibility index (Phi) is 5.71. The van der Waals surface area contributed by atoms with Crippen LogP contribution in [0.2, 0.25) is 0 Å². The van der Waals surface area contributed by atoms with Crippen molar-refractivity contribution in [3.05, 3.63) is 46.0 Å². The number of nitrogens with one attached hydrogen (secondary N) is 1. The molecule has 1 N–H and O–H groups in total.